The molecule has 2 N–H and O–H groups in total. The number of carbonyl (C=O) groups is 2. The van der Waals surface area contributed by atoms with E-state index in [4.69, 9.17) is 10.2 Å². The van der Waals surface area contributed by atoms with Crippen LogP contribution in [0.15, 0.2) is 0 Å². The van der Waals surface area contributed by atoms with E-state index in [0.717, 1.165) is 12.8 Å². The van der Waals surface area contributed by atoms with E-state index < -0.39 is 23.3 Å². The third kappa shape index (κ3) is 1.49. The Labute approximate surface area is 82.9 Å². The van der Waals surface area contributed by atoms with Gasteiger partial charge in [0, 0.05) is 0 Å². The maximum atomic E-state index is 11.1. The first-order chi connectivity index (χ1) is 6.40. The Balaban J connectivity index is 3.03. The second-order valence-electron chi connectivity index (χ2n) is 4.31. The molecular formula is C10H16O4. The Bertz CT molecular complexity index is 261. The smallest absolute Gasteiger partial charge is 0.310 e. The average Bonchev–Trinajstić information content (AvgIpc) is 2.08. The fraction of sp³-hybridized carbons (Fsp3) is 0.800. The van der Waals surface area contributed by atoms with Crippen molar-refractivity contribution < 1.29 is 19.8 Å². The average molecular weight is 200 g/mol. The van der Waals surface area contributed by atoms with Gasteiger partial charge in [-0.1, -0.05) is 13.3 Å². The summed E-state index contributed by atoms with van der Waals surface area (Å²) in [7, 11) is 0. The highest BCUT2D eigenvalue weighted by Crippen LogP contribution is 2.45. The van der Waals surface area contributed by atoms with Crippen molar-refractivity contribution in [3.63, 3.8) is 0 Å². The molecule has 1 aliphatic rings. The summed E-state index contributed by atoms with van der Waals surface area (Å²) in [4.78, 5) is 22.1. The Hall–Kier alpha value is -1.06. The first-order valence-electron chi connectivity index (χ1n) is 4.87. The summed E-state index contributed by atoms with van der Waals surface area (Å²) in [5.41, 5.74) is -1.11. The summed E-state index contributed by atoms with van der Waals surface area (Å²) in [6.45, 7) is 3.38. The maximum Gasteiger partial charge on any atom is 0.310 e. The molecule has 0 bridgehead atoms. The molecule has 0 saturated heterocycles. The van der Waals surface area contributed by atoms with Crippen LogP contribution in [0.1, 0.15) is 33.1 Å². The monoisotopic (exact) mass is 200 g/mol. The van der Waals surface area contributed by atoms with Crippen molar-refractivity contribution in [1.82, 2.24) is 0 Å². The SMILES string of the molecule is C[C@H]1CCC[C@H](C(=O)O)[C@]1(C)C(=O)O. The molecule has 1 fully saturated rings. The van der Waals surface area contributed by atoms with Gasteiger partial charge in [-0.3, -0.25) is 9.59 Å². The van der Waals surface area contributed by atoms with E-state index in [1.807, 2.05) is 6.92 Å². The first-order valence-corrected chi connectivity index (χ1v) is 4.87. The second-order valence-corrected chi connectivity index (χ2v) is 4.31. The largest absolute Gasteiger partial charge is 0.481 e. The van der Waals surface area contributed by atoms with E-state index in [0.29, 0.717) is 6.42 Å². The predicted molar refractivity (Wildman–Crippen MR) is 49.9 cm³/mol. The molecule has 0 aromatic heterocycles. The maximum absolute atomic E-state index is 11.1. The lowest BCUT2D eigenvalue weighted by Crippen LogP contribution is -2.47. The predicted octanol–water partition coefficient (Wildman–Crippen LogP) is 1.60. The Kier molecular flexibility index (Phi) is 2.83. The highest BCUT2D eigenvalue weighted by molar-refractivity contribution is 5.83. The third-order valence-electron chi connectivity index (χ3n) is 3.64. The van der Waals surface area contributed by atoms with Crippen LogP contribution < -0.4 is 0 Å². The van der Waals surface area contributed by atoms with Crippen molar-refractivity contribution in [2.24, 2.45) is 17.3 Å². The van der Waals surface area contributed by atoms with E-state index in [9.17, 15) is 9.59 Å². The molecule has 0 radical (unpaired) electrons. The van der Waals surface area contributed by atoms with Gasteiger partial charge >= 0.3 is 11.9 Å². The fourth-order valence-corrected chi connectivity index (χ4v) is 2.31. The van der Waals surface area contributed by atoms with Crippen molar-refractivity contribution >= 4 is 11.9 Å². The van der Waals surface area contributed by atoms with Gasteiger partial charge in [-0.05, 0) is 25.7 Å². The van der Waals surface area contributed by atoms with Crippen LogP contribution in [0.25, 0.3) is 0 Å². The minimum Gasteiger partial charge on any atom is -0.481 e. The quantitative estimate of drug-likeness (QED) is 0.710. The highest BCUT2D eigenvalue weighted by atomic mass is 16.4. The summed E-state index contributed by atoms with van der Waals surface area (Å²) in [6.07, 6.45) is 2.08. The molecule has 1 saturated carbocycles. The molecule has 4 heteroatoms. The van der Waals surface area contributed by atoms with Crippen LogP contribution in [0.3, 0.4) is 0 Å². The van der Waals surface area contributed by atoms with Crippen LogP contribution >= 0.6 is 0 Å². The van der Waals surface area contributed by atoms with Crippen LogP contribution in [-0.4, -0.2) is 22.2 Å². The summed E-state index contributed by atoms with van der Waals surface area (Å²) in [5.74, 6) is -2.79. The van der Waals surface area contributed by atoms with Crippen molar-refractivity contribution in [1.29, 1.82) is 0 Å². The molecule has 0 amide bonds. The van der Waals surface area contributed by atoms with Crippen LogP contribution in [0, 0.1) is 17.3 Å². The van der Waals surface area contributed by atoms with Gasteiger partial charge in [0.25, 0.3) is 0 Å². The van der Waals surface area contributed by atoms with Crippen molar-refractivity contribution in [2.75, 3.05) is 0 Å². The molecule has 0 spiro atoms. The number of hydrogen-bond donors (Lipinski definition) is 2. The molecule has 80 valence electrons. The molecule has 0 aliphatic heterocycles. The number of carboxylic acid groups (broad SMARTS) is 2. The van der Waals surface area contributed by atoms with Gasteiger partial charge in [-0.25, -0.2) is 0 Å². The van der Waals surface area contributed by atoms with Crippen molar-refractivity contribution in [2.45, 2.75) is 33.1 Å². The normalized spacial score (nSPS) is 37.9. The van der Waals surface area contributed by atoms with E-state index in [1.165, 1.54) is 0 Å². The lowest BCUT2D eigenvalue weighted by atomic mass is 9.61. The summed E-state index contributed by atoms with van der Waals surface area (Å²) in [5, 5.41) is 18.1. The summed E-state index contributed by atoms with van der Waals surface area (Å²) in [6, 6.07) is 0. The van der Waals surface area contributed by atoms with E-state index in [1.54, 1.807) is 6.92 Å². The second kappa shape index (κ2) is 3.59. The van der Waals surface area contributed by atoms with Gasteiger partial charge in [0.2, 0.25) is 0 Å². The van der Waals surface area contributed by atoms with Gasteiger partial charge < -0.3 is 10.2 Å². The molecule has 0 aromatic rings. The molecule has 0 aromatic carbocycles. The van der Waals surface area contributed by atoms with Crippen molar-refractivity contribution in [3.8, 4) is 0 Å². The molecular weight excluding hydrogens is 184 g/mol. The zero-order chi connectivity index (χ0) is 10.9. The third-order valence-corrected chi connectivity index (χ3v) is 3.64. The number of carboxylic acids is 2. The van der Waals surface area contributed by atoms with E-state index in [2.05, 4.69) is 0 Å². The van der Waals surface area contributed by atoms with E-state index >= 15 is 0 Å². The van der Waals surface area contributed by atoms with Gasteiger partial charge in [-0.15, -0.1) is 0 Å². The number of rotatable bonds is 2. The fourth-order valence-electron chi connectivity index (χ4n) is 2.31. The molecule has 0 unspecified atom stereocenters. The first kappa shape index (κ1) is 11.0. The highest BCUT2D eigenvalue weighted by Gasteiger charge is 2.51. The van der Waals surface area contributed by atoms with E-state index in [-0.39, 0.29) is 5.92 Å². The summed E-state index contributed by atoms with van der Waals surface area (Å²) < 4.78 is 0. The van der Waals surface area contributed by atoms with Gasteiger partial charge in [0.1, 0.15) is 0 Å². The number of aliphatic carboxylic acids is 2. The van der Waals surface area contributed by atoms with Crippen LogP contribution in [0.5, 0.6) is 0 Å². The molecule has 0 heterocycles. The zero-order valence-corrected chi connectivity index (χ0v) is 8.49. The summed E-state index contributed by atoms with van der Waals surface area (Å²) >= 11 is 0. The topological polar surface area (TPSA) is 74.6 Å². The Morgan fingerprint density at radius 2 is 1.86 bits per heavy atom. The number of hydrogen-bond acceptors (Lipinski definition) is 2. The minimum atomic E-state index is -1.11. The molecule has 14 heavy (non-hydrogen) atoms. The zero-order valence-electron chi connectivity index (χ0n) is 8.49. The molecule has 1 rings (SSSR count). The van der Waals surface area contributed by atoms with Gasteiger partial charge in [0.15, 0.2) is 0 Å². The Morgan fingerprint density at radius 3 is 2.21 bits per heavy atom. The van der Waals surface area contributed by atoms with Crippen LogP contribution in [-0.2, 0) is 9.59 Å². The van der Waals surface area contributed by atoms with Crippen LogP contribution in [0.4, 0.5) is 0 Å². The standard InChI is InChI=1S/C10H16O4/c1-6-4-3-5-7(8(11)12)10(6,2)9(13)14/h6-7H,3-5H2,1-2H3,(H,11,12)(H,13,14)/t6-,7+,10+/m0/s1. The molecule has 4 nitrogen and oxygen atoms in total. The molecule has 3 atom stereocenters. The van der Waals surface area contributed by atoms with Crippen LogP contribution in [0.2, 0.25) is 0 Å². The van der Waals surface area contributed by atoms with Gasteiger partial charge in [0.05, 0.1) is 11.3 Å². The molecule has 1 aliphatic carbocycles. The Morgan fingerprint density at radius 1 is 1.29 bits per heavy atom. The van der Waals surface area contributed by atoms with Crippen molar-refractivity contribution in [3.05, 3.63) is 0 Å². The van der Waals surface area contributed by atoms with Gasteiger partial charge in [-0.2, -0.15) is 0 Å². The lowest BCUT2D eigenvalue weighted by molar-refractivity contribution is -0.168. The minimum absolute atomic E-state index is 0.0742. The lowest BCUT2D eigenvalue weighted by Gasteiger charge is -2.40.